The van der Waals surface area contributed by atoms with Crippen molar-refractivity contribution in [1.29, 1.82) is 5.26 Å². The van der Waals surface area contributed by atoms with Gasteiger partial charge in [0.25, 0.3) is 5.91 Å². The third kappa shape index (κ3) is 5.23. The number of anilines is 1. The van der Waals surface area contributed by atoms with Gasteiger partial charge >= 0.3 is 0 Å². The molecule has 1 N–H and O–H groups in total. The van der Waals surface area contributed by atoms with Gasteiger partial charge in [-0.05, 0) is 91.8 Å². The van der Waals surface area contributed by atoms with Crippen molar-refractivity contribution in [3.63, 3.8) is 0 Å². The maximum absolute atomic E-state index is 12.6. The van der Waals surface area contributed by atoms with E-state index in [9.17, 15) is 10.1 Å². The molecule has 0 saturated heterocycles. The number of carbonyl (C=O) groups is 1. The first-order chi connectivity index (χ1) is 13.2. The summed E-state index contributed by atoms with van der Waals surface area (Å²) < 4.78 is 5.75. The van der Waals surface area contributed by atoms with Crippen LogP contribution in [0.25, 0.3) is 6.08 Å². The highest BCUT2D eigenvalue weighted by Crippen LogP contribution is 2.31. The fourth-order valence-electron chi connectivity index (χ4n) is 3.15. The number of carbonyl (C=O) groups excluding carboxylic acids is 1. The molecule has 0 aromatic heterocycles. The lowest BCUT2D eigenvalue weighted by Gasteiger charge is -2.16. The number of hydrogen-bond donors (Lipinski definition) is 1. The molecule has 28 heavy (non-hydrogen) atoms. The summed E-state index contributed by atoms with van der Waals surface area (Å²) in [6.45, 7) is 12.6. The SMILES string of the molecule is CCOc1cc(C)c(/C=C(\C#N)C(=O)Nc2cc(C)cc(C)c2)cc1C(C)C. The zero-order valence-electron chi connectivity index (χ0n) is 17.5. The zero-order valence-corrected chi connectivity index (χ0v) is 17.5. The van der Waals surface area contributed by atoms with Gasteiger partial charge in [-0.1, -0.05) is 19.9 Å². The second kappa shape index (κ2) is 9.23. The predicted octanol–water partition coefficient (Wildman–Crippen LogP) is 5.68. The van der Waals surface area contributed by atoms with Crippen LogP contribution in [0.1, 0.15) is 54.5 Å². The van der Waals surface area contributed by atoms with Crippen molar-refractivity contribution in [2.75, 3.05) is 11.9 Å². The standard InChI is InChI=1S/C24H28N2O2/c1-7-28-23-11-18(6)19(13-22(23)15(2)3)12-20(14-25)24(27)26-21-9-16(4)8-17(5)10-21/h8-13,15H,7H2,1-6H3,(H,26,27)/b20-12+. The van der Waals surface area contributed by atoms with Gasteiger partial charge in [-0.15, -0.1) is 0 Å². The second-order valence-corrected chi connectivity index (χ2v) is 7.33. The smallest absolute Gasteiger partial charge is 0.266 e. The van der Waals surface area contributed by atoms with Gasteiger partial charge < -0.3 is 10.1 Å². The van der Waals surface area contributed by atoms with Crippen LogP contribution in [0.2, 0.25) is 0 Å². The molecule has 146 valence electrons. The summed E-state index contributed by atoms with van der Waals surface area (Å²) in [5.41, 5.74) is 5.74. The Hall–Kier alpha value is -3.06. The lowest BCUT2D eigenvalue weighted by atomic mass is 9.95. The number of aryl methyl sites for hydroxylation is 3. The molecule has 0 fully saturated rings. The average molecular weight is 377 g/mol. The van der Waals surface area contributed by atoms with Gasteiger partial charge in [0.15, 0.2) is 0 Å². The number of benzene rings is 2. The third-order valence-electron chi connectivity index (χ3n) is 4.46. The summed E-state index contributed by atoms with van der Waals surface area (Å²) in [6, 6.07) is 11.8. The summed E-state index contributed by atoms with van der Waals surface area (Å²) in [4.78, 5) is 12.6. The zero-order chi connectivity index (χ0) is 20.8. The van der Waals surface area contributed by atoms with Gasteiger partial charge in [0, 0.05) is 5.69 Å². The summed E-state index contributed by atoms with van der Waals surface area (Å²) in [5, 5.41) is 12.4. The van der Waals surface area contributed by atoms with Gasteiger partial charge in [-0.3, -0.25) is 4.79 Å². The van der Waals surface area contributed by atoms with Crippen LogP contribution >= 0.6 is 0 Å². The molecule has 0 unspecified atom stereocenters. The highest BCUT2D eigenvalue weighted by Gasteiger charge is 2.14. The Labute approximate surface area is 167 Å². The van der Waals surface area contributed by atoms with Crippen molar-refractivity contribution in [3.8, 4) is 11.8 Å². The van der Waals surface area contributed by atoms with Crippen LogP contribution in [-0.4, -0.2) is 12.5 Å². The quantitative estimate of drug-likeness (QED) is 0.521. The van der Waals surface area contributed by atoms with E-state index in [-0.39, 0.29) is 11.5 Å². The Morgan fingerprint density at radius 2 is 1.79 bits per heavy atom. The molecule has 4 heteroatoms. The number of amides is 1. The molecule has 2 aromatic carbocycles. The minimum atomic E-state index is -0.410. The highest BCUT2D eigenvalue weighted by atomic mass is 16.5. The molecule has 0 atom stereocenters. The number of nitriles is 1. The number of nitrogens with one attached hydrogen (secondary N) is 1. The average Bonchev–Trinajstić information content (AvgIpc) is 2.60. The molecule has 0 aliphatic carbocycles. The molecule has 0 heterocycles. The molecule has 0 bridgehead atoms. The third-order valence-corrected chi connectivity index (χ3v) is 4.46. The van der Waals surface area contributed by atoms with Crippen molar-refractivity contribution in [2.45, 2.75) is 47.5 Å². The molecule has 0 aliphatic rings. The van der Waals surface area contributed by atoms with E-state index in [0.717, 1.165) is 33.6 Å². The van der Waals surface area contributed by atoms with Crippen LogP contribution < -0.4 is 10.1 Å². The largest absolute Gasteiger partial charge is 0.494 e. The summed E-state index contributed by atoms with van der Waals surface area (Å²) in [7, 11) is 0. The summed E-state index contributed by atoms with van der Waals surface area (Å²) >= 11 is 0. The van der Waals surface area contributed by atoms with E-state index in [1.54, 1.807) is 6.08 Å². The first-order valence-corrected chi connectivity index (χ1v) is 9.54. The Balaban J connectivity index is 2.39. The maximum atomic E-state index is 12.6. The highest BCUT2D eigenvalue weighted by molar-refractivity contribution is 6.09. The van der Waals surface area contributed by atoms with E-state index < -0.39 is 5.91 Å². The van der Waals surface area contributed by atoms with Crippen molar-refractivity contribution in [1.82, 2.24) is 0 Å². The Kier molecular flexibility index (Phi) is 7.00. The van der Waals surface area contributed by atoms with Crippen LogP contribution in [0.4, 0.5) is 5.69 Å². The molecule has 2 rings (SSSR count). The predicted molar refractivity (Wildman–Crippen MR) is 115 cm³/mol. The van der Waals surface area contributed by atoms with E-state index in [2.05, 4.69) is 19.2 Å². The van der Waals surface area contributed by atoms with Crippen LogP contribution in [-0.2, 0) is 4.79 Å². The monoisotopic (exact) mass is 376 g/mol. The Morgan fingerprint density at radius 3 is 2.32 bits per heavy atom. The van der Waals surface area contributed by atoms with Gasteiger partial charge in [-0.2, -0.15) is 5.26 Å². The Bertz CT molecular complexity index is 930. The van der Waals surface area contributed by atoms with Gasteiger partial charge in [0.1, 0.15) is 17.4 Å². The van der Waals surface area contributed by atoms with E-state index in [1.165, 1.54) is 0 Å². The normalized spacial score (nSPS) is 11.3. The fraction of sp³-hybridized carbons (Fsp3) is 0.333. The number of nitrogens with zero attached hydrogens (tertiary/aromatic N) is 1. The summed E-state index contributed by atoms with van der Waals surface area (Å²) in [6.07, 6.45) is 1.65. The van der Waals surface area contributed by atoms with Crippen molar-refractivity contribution < 1.29 is 9.53 Å². The number of hydrogen-bond acceptors (Lipinski definition) is 3. The van der Waals surface area contributed by atoms with Gasteiger partial charge in [0.2, 0.25) is 0 Å². The molecule has 4 nitrogen and oxygen atoms in total. The van der Waals surface area contributed by atoms with Gasteiger partial charge in [-0.25, -0.2) is 0 Å². The molecular weight excluding hydrogens is 348 g/mol. The van der Waals surface area contributed by atoms with Gasteiger partial charge in [0.05, 0.1) is 6.61 Å². The van der Waals surface area contributed by atoms with Crippen LogP contribution in [0.5, 0.6) is 5.75 Å². The lowest BCUT2D eigenvalue weighted by molar-refractivity contribution is -0.112. The van der Waals surface area contributed by atoms with E-state index >= 15 is 0 Å². The summed E-state index contributed by atoms with van der Waals surface area (Å²) in [5.74, 6) is 0.709. The second-order valence-electron chi connectivity index (χ2n) is 7.33. The Morgan fingerprint density at radius 1 is 1.14 bits per heavy atom. The topological polar surface area (TPSA) is 62.1 Å². The molecule has 1 amide bonds. The fourth-order valence-corrected chi connectivity index (χ4v) is 3.15. The maximum Gasteiger partial charge on any atom is 0.266 e. The van der Waals surface area contributed by atoms with E-state index in [1.807, 2.05) is 64.1 Å². The van der Waals surface area contributed by atoms with Crippen molar-refractivity contribution in [2.24, 2.45) is 0 Å². The van der Waals surface area contributed by atoms with E-state index in [0.29, 0.717) is 12.3 Å². The van der Waals surface area contributed by atoms with Crippen LogP contribution in [0.15, 0.2) is 35.9 Å². The molecule has 0 spiro atoms. The molecule has 0 radical (unpaired) electrons. The number of ether oxygens (including phenoxy) is 1. The van der Waals surface area contributed by atoms with Crippen molar-refractivity contribution >= 4 is 17.7 Å². The van der Waals surface area contributed by atoms with E-state index in [4.69, 9.17) is 4.74 Å². The van der Waals surface area contributed by atoms with Crippen LogP contribution in [0, 0.1) is 32.1 Å². The molecular formula is C24H28N2O2. The first-order valence-electron chi connectivity index (χ1n) is 9.54. The minimum Gasteiger partial charge on any atom is -0.494 e. The van der Waals surface area contributed by atoms with Crippen LogP contribution in [0.3, 0.4) is 0 Å². The molecule has 2 aromatic rings. The van der Waals surface area contributed by atoms with Crippen molar-refractivity contribution in [3.05, 3.63) is 63.7 Å². The molecule has 0 saturated carbocycles. The lowest BCUT2D eigenvalue weighted by Crippen LogP contribution is -2.13. The molecule has 0 aliphatic heterocycles. The first kappa shape index (κ1) is 21.2. The number of rotatable bonds is 6. The minimum absolute atomic E-state index is 0.0705.